The van der Waals surface area contributed by atoms with Gasteiger partial charge in [-0.05, 0) is 62.3 Å². The Balaban J connectivity index is 1.99. The second-order valence-corrected chi connectivity index (χ2v) is 7.75. The van der Waals surface area contributed by atoms with Crippen LogP contribution >= 0.6 is 0 Å². The molecule has 2 aliphatic heterocycles. The average Bonchev–Trinajstić information content (AvgIpc) is 2.80. The van der Waals surface area contributed by atoms with Crippen molar-refractivity contribution >= 4 is 10.0 Å². The second kappa shape index (κ2) is 4.32. The zero-order chi connectivity index (χ0) is 13.8. The monoisotopic (exact) mass is 279 g/mol. The first-order chi connectivity index (χ1) is 8.95. The third kappa shape index (κ3) is 1.84. The number of benzene rings is 1. The predicted octanol–water partition coefficient (Wildman–Crippen LogP) is 2.73. The predicted molar refractivity (Wildman–Crippen MR) is 75.6 cm³/mol. The van der Waals surface area contributed by atoms with E-state index in [1.807, 2.05) is 26.0 Å². The summed E-state index contributed by atoms with van der Waals surface area (Å²) in [5.41, 5.74) is 2.29. The first-order valence-electron chi connectivity index (χ1n) is 7.08. The van der Waals surface area contributed by atoms with E-state index < -0.39 is 10.0 Å². The van der Waals surface area contributed by atoms with E-state index in [1.54, 1.807) is 10.4 Å². The fourth-order valence-electron chi connectivity index (χ4n) is 3.53. The van der Waals surface area contributed by atoms with Crippen molar-refractivity contribution in [2.75, 3.05) is 0 Å². The van der Waals surface area contributed by atoms with E-state index in [2.05, 4.69) is 6.92 Å². The van der Waals surface area contributed by atoms with Crippen molar-refractivity contribution < 1.29 is 8.42 Å². The Kier molecular flexibility index (Phi) is 2.98. The maximum Gasteiger partial charge on any atom is 0.243 e. The minimum Gasteiger partial charge on any atom is -0.207 e. The van der Waals surface area contributed by atoms with E-state index in [4.69, 9.17) is 0 Å². The fourth-order valence-corrected chi connectivity index (χ4v) is 5.52. The molecular weight excluding hydrogens is 258 g/mol. The Morgan fingerprint density at radius 3 is 2.47 bits per heavy atom. The number of rotatable bonds is 3. The van der Waals surface area contributed by atoms with Crippen LogP contribution in [-0.2, 0) is 16.4 Å². The van der Waals surface area contributed by atoms with Gasteiger partial charge in [-0.15, -0.1) is 0 Å². The lowest BCUT2D eigenvalue weighted by Crippen LogP contribution is -2.36. The van der Waals surface area contributed by atoms with Gasteiger partial charge in [-0.2, -0.15) is 4.31 Å². The third-order valence-electron chi connectivity index (χ3n) is 4.86. The van der Waals surface area contributed by atoms with Crippen LogP contribution in [0.1, 0.15) is 37.8 Å². The molecule has 1 aromatic rings. The highest BCUT2D eigenvalue weighted by atomic mass is 32.2. The highest BCUT2D eigenvalue weighted by molar-refractivity contribution is 7.89. The number of aryl methyl sites for hydroxylation is 2. The molecule has 104 valence electrons. The lowest BCUT2D eigenvalue weighted by molar-refractivity contribution is 0.326. The van der Waals surface area contributed by atoms with Gasteiger partial charge in [-0.1, -0.05) is 13.0 Å². The Bertz CT molecular complexity index is 603. The molecule has 0 N–H and O–H groups in total. The van der Waals surface area contributed by atoms with Gasteiger partial charge in [0.15, 0.2) is 0 Å². The lowest BCUT2D eigenvalue weighted by atomic mass is 9.83. The van der Waals surface area contributed by atoms with Crippen LogP contribution in [0.15, 0.2) is 23.1 Å². The summed E-state index contributed by atoms with van der Waals surface area (Å²) >= 11 is 0. The molecule has 0 unspecified atom stereocenters. The molecule has 4 rings (SSSR count). The maximum atomic E-state index is 12.8. The Hall–Kier alpha value is -0.870. The summed E-state index contributed by atoms with van der Waals surface area (Å²) in [6, 6.07) is 5.96. The molecule has 1 aliphatic carbocycles. The molecular formula is C15H21NO2S. The first-order valence-corrected chi connectivity index (χ1v) is 8.52. The minimum absolute atomic E-state index is 0.168. The third-order valence-corrected chi connectivity index (χ3v) is 6.90. The van der Waals surface area contributed by atoms with E-state index in [0.717, 1.165) is 24.8 Å². The van der Waals surface area contributed by atoms with Crippen molar-refractivity contribution in [3.8, 4) is 0 Å². The second-order valence-electron chi connectivity index (χ2n) is 5.90. The summed E-state index contributed by atoms with van der Waals surface area (Å²) in [6.45, 7) is 6.13. The molecule has 3 nitrogen and oxygen atoms in total. The first kappa shape index (κ1) is 13.1. The topological polar surface area (TPSA) is 37.4 Å². The van der Waals surface area contributed by atoms with Crippen LogP contribution in [0.5, 0.6) is 0 Å². The number of hydrogen-bond acceptors (Lipinski definition) is 2. The SMILES string of the molecule is CCc1ccc(S(=O)(=O)N2C3CC(C3)[C@H]2C)cc1C. The van der Waals surface area contributed by atoms with Gasteiger partial charge in [-0.25, -0.2) is 8.42 Å². The number of sulfonamides is 1. The van der Waals surface area contributed by atoms with Crippen LogP contribution in [0, 0.1) is 12.8 Å². The smallest absolute Gasteiger partial charge is 0.207 e. The summed E-state index contributed by atoms with van der Waals surface area (Å²) in [6.07, 6.45) is 3.04. The number of fused-ring (bicyclic) bond motifs is 1. The van der Waals surface area contributed by atoms with Crippen molar-refractivity contribution in [1.29, 1.82) is 0 Å². The molecule has 0 amide bonds. The van der Waals surface area contributed by atoms with Gasteiger partial charge in [0.05, 0.1) is 4.90 Å². The van der Waals surface area contributed by atoms with Crippen LogP contribution in [-0.4, -0.2) is 24.8 Å². The minimum atomic E-state index is -3.31. The van der Waals surface area contributed by atoms with E-state index >= 15 is 0 Å². The summed E-state index contributed by atoms with van der Waals surface area (Å²) in [5.74, 6) is 0.579. The van der Waals surface area contributed by atoms with Gasteiger partial charge in [-0.3, -0.25) is 0 Å². The number of hydrogen-bond donors (Lipinski definition) is 0. The van der Waals surface area contributed by atoms with Crippen molar-refractivity contribution in [3.63, 3.8) is 0 Å². The van der Waals surface area contributed by atoms with Crippen LogP contribution in [0.2, 0.25) is 0 Å². The number of nitrogens with zero attached hydrogens (tertiary/aromatic N) is 1. The van der Waals surface area contributed by atoms with Gasteiger partial charge >= 0.3 is 0 Å². The fraction of sp³-hybridized carbons (Fsp3) is 0.600. The van der Waals surface area contributed by atoms with E-state index in [9.17, 15) is 8.42 Å². The summed E-state index contributed by atoms with van der Waals surface area (Å²) in [7, 11) is -3.31. The van der Waals surface area contributed by atoms with Crippen molar-refractivity contribution in [2.24, 2.45) is 5.92 Å². The van der Waals surface area contributed by atoms with Crippen molar-refractivity contribution in [1.82, 2.24) is 4.31 Å². The maximum absolute atomic E-state index is 12.8. The van der Waals surface area contributed by atoms with Crippen LogP contribution < -0.4 is 0 Å². The normalized spacial score (nSPS) is 30.4. The van der Waals surface area contributed by atoms with E-state index in [1.165, 1.54) is 5.56 Å². The summed E-state index contributed by atoms with van der Waals surface area (Å²) < 4.78 is 27.3. The van der Waals surface area contributed by atoms with Gasteiger partial charge in [0, 0.05) is 12.1 Å². The van der Waals surface area contributed by atoms with Crippen LogP contribution in [0.3, 0.4) is 0 Å². The Morgan fingerprint density at radius 1 is 1.32 bits per heavy atom. The molecule has 0 aromatic heterocycles. The molecule has 19 heavy (non-hydrogen) atoms. The molecule has 0 spiro atoms. The zero-order valence-corrected chi connectivity index (χ0v) is 12.6. The average molecular weight is 279 g/mol. The molecule has 3 aliphatic rings. The molecule has 4 heteroatoms. The quantitative estimate of drug-likeness (QED) is 0.853. The lowest BCUT2D eigenvalue weighted by Gasteiger charge is -2.25. The summed E-state index contributed by atoms with van der Waals surface area (Å²) in [4.78, 5) is 0.460. The van der Waals surface area contributed by atoms with Gasteiger partial charge in [0.25, 0.3) is 0 Å². The highest BCUT2D eigenvalue weighted by Crippen LogP contribution is 2.48. The molecule has 2 bridgehead atoms. The molecule has 0 radical (unpaired) electrons. The molecule has 3 fully saturated rings. The van der Waals surface area contributed by atoms with Gasteiger partial charge < -0.3 is 0 Å². The zero-order valence-electron chi connectivity index (χ0n) is 11.8. The largest absolute Gasteiger partial charge is 0.243 e. The van der Waals surface area contributed by atoms with Gasteiger partial charge in [0.2, 0.25) is 10.0 Å². The van der Waals surface area contributed by atoms with Gasteiger partial charge in [0.1, 0.15) is 0 Å². The highest BCUT2D eigenvalue weighted by Gasteiger charge is 2.53. The van der Waals surface area contributed by atoms with Crippen LogP contribution in [0.25, 0.3) is 0 Å². The van der Waals surface area contributed by atoms with Crippen molar-refractivity contribution in [2.45, 2.75) is 57.0 Å². The molecule has 1 saturated carbocycles. The summed E-state index contributed by atoms with van der Waals surface area (Å²) in [5, 5.41) is 0. The standard InChI is InChI=1S/C15H21NO2S/c1-4-12-5-6-15(7-10(12)2)19(17,18)16-11(3)13-8-14(16)9-13/h5-7,11,13-14H,4,8-9H2,1-3H3/t11-,13?,14?/m1/s1. The van der Waals surface area contributed by atoms with Crippen LogP contribution in [0.4, 0.5) is 0 Å². The Morgan fingerprint density at radius 2 is 2.00 bits per heavy atom. The molecule has 2 saturated heterocycles. The molecule has 1 aromatic carbocycles. The van der Waals surface area contributed by atoms with E-state index in [0.29, 0.717) is 10.8 Å². The van der Waals surface area contributed by atoms with Crippen molar-refractivity contribution in [3.05, 3.63) is 29.3 Å². The molecule has 1 atom stereocenters. The Labute approximate surface area is 115 Å². The molecule has 2 heterocycles. The van der Waals surface area contributed by atoms with E-state index in [-0.39, 0.29) is 12.1 Å².